The lowest BCUT2D eigenvalue weighted by Gasteiger charge is -2.10. The highest BCUT2D eigenvalue weighted by Gasteiger charge is 2.18. The number of carbonyl (C=O) groups is 1. The summed E-state index contributed by atoms with van der Waals surface area (Å²) >= 11 is 0. The smallest absolute Gasteiger partial charge is 0.355 e. The third-order valence-electron chi connectivity index (χ3n) is 4.87. The van der Waals surface area contributed by atoms with Crippen molar-refractivity contribution in [2.75, 3.05) is 13.2 Å². The number of carbonyl (C=O) groups excluding carboxylic acids is 1. The van der Waals surface area contributed by atoms with Crippen molar-refractivity contribution in [1.29, 1.82) is 0 Å². The first kappa shape index (κ1) is 18.1. The highest BCUT2D eigenvalue weighted by Crippen LogP contribution is 2.27. The normalized spacial score (nSPS) is 11.0. The van der Waals surface area contributed by atoms with Crippen LogP contribution in [0.3, 0.4) is 0 Å². The van der Waals surface area contributed by atoms with E-state index >= 15 is 0 Å². The van der Waals surface area contributed by atoms with Gasteiger partial charge in [-0.2, -0.15) is 0 Å². The maximum atomic E-state index is 12.4. The Labute approximate surface area is 164 Å². The predicted molar refractivity (Wildman–Crippen MR) is 112 cm³/mol. The first-order chi connectivity index (χ1) is 13.8. The van der Waals surface area contributed by atoms with Crippen molar-refractivity contribution in [1.82, 2.24) is 4.98 Å². The number of H-pyrrole nitrogens is 1. The number of para-hydroxylation sites is 1. The summed E-state index contributed by atoms with van der Waals surface area (Å²) < 4.78 is 11.3. The number of nitrogens with one attached hydrogen (secondary N) is 1. The molecule has 0 unspecified atom stereocenters. The van der Waals surface area contributed by atoms with Gasteiger partial charge in [0.05, 0.1) is 13.2 Å². The van der Waals surface area contributed by atoms with Gasteiger partial charge in [0.15, 0.2) is 0 Å². The second kappa shape index (κ2) is 8.17. The van der Waals surface area contributed by atoms with E-state index in [2.05, 4.69) is 23.2 Å². The van der Waals surface area contributed by atoms with E-state index in [9.17, 15) is 4.79 Å². The highest BCUT2D eigenvalue weighted by molar-refractivity contribution is 5.98. The molecule has 4 heteroatoms. The Morgan fingerprint density at radius 2 is 1.68 bits per heavy atom. The average molecular weight is 373 g/mol. The molecule has 0 atom stereocenters. The van der Waals surface area contributed by atoms with Gasteiger partial charge < -0.3 is 14.5 Å². The Bertz CT molecular complexity index is 1110. The number of hydrogen-bond acceptors (Lipinski definition) is 3. The summed E-state index contributed by atoms with van der Waals surface area (Å²) in [6, 6.07) is 22.3. The largest absolute Gasteiger partial charge is 0.493 e. The molecule has 28 heavy (non-hydrogen) atoms. The molecule has 1 N–H and O–H groups in total. The van der Waals surface area contributed by atoms with E-state index in [0.29, 0.717) is 18.9 Å². The molecule has 142 valence electrons. The van der Waals surface area contributed by atoms with Gasteiger partial charge in [-0.3, -0.25) is 0 Å². The number of aromatic amines is 1. The van der Waals surface area contributed by atoms with Crippen LogP contribution in [0.15, 0.2) is 66.7 Å². The average Bonchev–Trinajstić information content (AvgIpc) is 3.10. The van der Waals surface area contributed by atoms with Crippen LogP contribution in [0.2, 0.25) is 0 Å². The monoisotopic (exact) mass is 373 g/mol. The maximum absolute atomic E-state index is 12.4. The van der Waals surface area contributed by atoms with Gasteiger partial charge in [-0.15, -0.1) is 0 Å². The van der Waals surface area contributed by atoms with Crippen LogP contribution in [0, 0.1) is 0 Å². The van der Waals surface area contributed by atoms with Crippen molar-refractivity contribution in [2.24, 2.45) is 0 Å². The zero-order valence-corrected chi connectivity index (χ0v) is 15.9. The first-order valence-corrected chi connectivity index (χ1v) is 9.65. The summed E-state index contributed by atoms with van der Waals surface area (Å²) in [4.78, 5) is 15.6. The Morgan fingerprint density at radius 3 is 2.54 bits per heavy atom. The number of benzene rings is 3. The molecular weight excluding hydrogens is 350 g/mol. The van der Waals surface area contributed by atoms with Gasteiger partial charge in [-0.25, -0.2) is 4.79 Å². The second-order valence-corrected chi connectivity index (χ2v) is 6.67. The van der Waals surface area contributed by atoms with Crippen molar-refractivity contribution < 1.29 is 14.3 Å². The minimum absolute atomic E-state index is 0.302. The van der Waals surface area contributed by atoms with E-state index in [1.807, 2.05) is 55.5 Å². The van der Waals surface area contributed by atoms with Crippen LogP contribution in [-0.2, 0) is 11.2 Å². The van der Waals surface area contributed by atoms with Crippen molar-refractivity contribution in [3.8, 4) is 5.75 Å². The van der Waals surface area contributed by atoms with Crippen LogP contribution >= 0.6 is 0 Å². The molecule has 0 aliphatic carbocycles. The van der Waals surface area contributed by atoms with Crippen LogP contribution in [0.5, 0.6) is 5.75 Å². The molecule has 1 aromatic heterocycles. The molecule has 0 amide bonds. The molecule has 0 radical (unpaired) electrons. The summed E-state index contributed by atoms with van der Waals surface area (Å²) in [5.74, 6) is 0.589. The number of fused-ring (bicyclic) bond motifs is 2. The van der Waals surface area contributed by atoms with Gasteiger partial charge >= 0.3 is 5.97 Å². The van der Waals surface area contributed by atoms with Crippen molar-refractivity contribution >= 4 is 27.6 Å². The maximum Gasteiger partial charge on any atom is 0.355 e. The SMILES string of the molecule is CCOC(=O)c1[nH]c2ccccc2c1CCCOc1cccc2ccccc12. The fraction of sp³-hybridized carbons (Fsp3) is 0.208. The summed E-state index contributed by atoms with van der Waals surface area (Å²) in [7, 11) is 0. The lowest BCUT2D eigenvalue weighted by atomic mass is 10.1. The Hall–Kier alpha value is -3.27. The quantitative estimate of drug-likeness (QED) is 0.343. The fourth-order valence-corrected chi connectivity index (χ4v) is 3.59. The number of aromatic nitrogens is 1. The first-order valence-electron chi connectivity index (χ1n) is 9.65. The molecule has 0 fully saturated rings. The lowest BCUT2D eigenvalue weighted by molar-refractivity contribution is 0.0519. The second-order valence-electron chi connectivity index (χ2n) is 6.67. The molecule has 1 heterocycles. The van der Waals surface area contributed by atoms with Crippen LogP contribution in [-0.4, -0.2) is 24.2 Å². The van der Waals surface area contributed by atoms with Gasteiger partial charge in [-0.1, -0.05) is 54.6 Å². The van der Waals surface area contributed by atoms with Gasteiger partial charge in [0.1, 0.15) is 11.4 Å². The van der Waals surface area contributed by atoms with Crippen molar-refractivity contribution in [3.63, 3.8) is 0 Å². The number of aryl methyl sites for hydroxylation is 1. The number of hydrogen-bond donors (Lipinski definition) is 1. The zero-order chi connectivity index (χ0) is 19.3. The van der Waals surface area contributed by atoms with Gasteiger partial charge in [0.25, 0.3) is 0 Å². The standard InChI is InChI=1S/C24H23NO3/c1-2-27-24(26)23-20(19-12-5-6-14-21(19)25-23)13-8-16-28-22-15-7-10-17-9-3-4-11-18(17)22/h3-7,9-12,14-15,25H,2,8,13,16H2,1H3. The molecule has 0 spiro atoms. The highest BCUT2D eigenvalue weighted by atomic mass is 16.5. The van der Waals surface area contributed by atoms with Crippen LogP contribution in [0.25, 0.3) is 21.7 Å². The Morgan fingerprint density at radius 1 is 0.929 bits per heavy atom. The third kappa shape index (κ3) is 3.58. The molecule has 0 aliphatic heterocycles. The molecule has 4 aromatic rings. The van der Waals surface area contributed by atoms with Crippen molar-refractivity contribution in [3.05, 3.63) is 78.0 Å². The van der Waals surface area contributed by atoms with Gasteiger partial charge in [0.2, 0.25) is 0 Å². The molecular formula is C24H23NO3. The minimum atomic E-state index is -0.302. The summed E-state index contributed by atoms with van der Waals surface area (Å²) in [5, 5.41) is 3.35. The van der Waals surface area contributed by atoms with E-state index in [0.717, 1.165) is 40.4 Å². The van der Waals surface area contributed by atoms with Crippen LogP contribution < -0.4 is 4.74 Å². The lowest BCUT2D eigenvalue weighted by Crippen LogP contribution is -2.09. The topological polar surface area (TPSA) is 51.3 Å². The number of rotatable bonds is 7. The van der Waals surface area contributed by atoms with E-state index in [4.69, 9.17) is 9.47 Å². The fourth-order valence-electron chi connectivity index (χ4n) is 3.59. The van der Waals surface area contributed by atoms with Gasteiger partial charge in [0, 0.05) is 16.3 Å². The van der Waals surface area contributed by atoms with E-state index in [1.54, 1.807) is 0 Å². The molecule has 0 bridgehead atoms. The van der Waals surface area contributed by atoms with Crippen LogP contribution in [0.1, 0.15) is 29.4 Å². The summed E-state index contributed by atoms with van der Waals surface area (Å²) in [6.45, 7) is 2.76. The van der Waals surface area contributed by atoms with Crippen LogP contribution in [0.4, 0.5) is 0 Å². The molecule has 3 aromatic carbocycles. The minimum Gasteiger partial charge on any atom is -0.493 e. The molecule has 4 nitrogen and oxygen atoms in total. The molecule has 0 saturated carbocycles. The summed E-state index contributed by atoms with van der Waals surface area (Å²) in [5.41, 5.74) is 2.50. The van der Waals surface area contributed by atoms with E-state index in [1.165, 1.54) is 5.39 Å². The van der Waals surface area contributed by atoms with Crippen molar-refractivity contribution in [2.45, 2.75) is 19.8 Å². The molecule has 4 rings (SSSR count). The number of ether oxygens (including phenoxy) is 2. The van der Waals surface area contributed by atoms with E-state index in [-0.39, 0.29) is 5.97 Å². The predicted octanol–water partition coefficient (Wildman–Crippen LogP) is 5.51. The molecule has 0 aliphatic rings. The Kier molecular flexibility index (Phi) is 5.29. The van der Waals surface area contributed by atoms with E-state index < -0.39 is 0 Å². The number of esters is 1. The van der Waals surface area contributed by atoms with Gasteiger partial charge in [-0.05, 0) is 42.8 Å². The zero-order valence-electron chi connectivity index (χ0n) is 15.9. The Balaban J connectivity index is 1.49. The third-order valence-corrected chi connectivity index (χ3v) is 4.87. The molecule has 0 saturated heterocycles. The summed E-state index contributed by atoms with van der Waals surface area (Å²) in [6.07, 6.45) is 1.54.